The van der Waals surface area contributed by atoms with Crippen LogP contribution in [0.15, 0.2) is 11.0 Å². The summed E-state index contributed by atoms with van der Waals surface area (Å²) in [6.07, 6.45) is 6.20. The molecule has 0 atom stereocenters. The van der Waals surface area contributed by atoms with Gasteiger partial charge in [0.05, 0.1) is 7.11 Å². The van der Waals surface area contributed by atoms with Gasteiger partial charge >= 0.3 is 0 Å². The van der Waals surface area contributed by atoms with Gasteiger partial charge in [-0.1, -0.05) is 32.9 Å². The average molecular weight is 223 g/mol. The summed E-state index contributed by atoms with van der Waals surface area (Å²) in [5.41, 5.74) is -0.0687. The molecule has 1 rings (SSSR count). The standard InChI is InChI=1S/C11H15NO2.C2H6/c1-4-6-9-8(5-2)10(14-3)7-12-11(9)13;1-2/h5-7H,4H2,1-3H3,(H,12,13);1-2H3/b8-5+,9-6+;. The zero-order valence-corrected chi connectivity index (χ0v) is 10.8. The predicted octanol–water partition coefficient (Wildman–Crippen LogP) is 1.40. The largest absolute Gasteiger partial charge is 0.495 e. The molecule has 1 heterocycles. The van der Waals surface area contributed by atoms with Crippen molar-refractivity contribution in [1.82, 2.24) is 4.98 Å². The van der Waals surface area contributed by atoms with Gasteiger partial charge in [0.1, 0.15) is 5.75 Å². The highest BCUT2D eigenvalue weighted by molar-refractivity contribution is 5.35. The molecule has 0 aliphatic carbocycles. The van der Waals surface area contributed by atoms with Crippen LogP contribution in [-0.4, -0.2) is 12.1 Å². The Morgan fingerprint density at radius 3 is 2.44 bits per heavy atom. The first kappa shape index (κ1) is 14.5. The molecule has 0 aliphatic heterocycles. The molecule has 1 N–H and O–H groups in total. The molecule has 0 radical (unpaired) electrons. The van der Waals surface area contributed by atoms with E-state index in [-0.39, 0.29) is 5.56 Å². The summed E-state index contributed by atoms with van der Waals surface area (Å²) in [4.78, 5) is 14.1. The van der Waals surface area contributed by atoms with Gasteiger partial charge in [-0.25, -0.2) is 0 Å². The van der Waals surface area contributed by atoms with Gasteiger partial charge in [0.15, 0.2) is 0 Å². The molecule has 0 spiro atoms. The molecule has 16 heavy (non-hydrogen) atoms. The minimum absolute atomic E-state index is 0.0687. The zero-order chi connectivity index (χ0) is 12.6. The molecule has 90 valence electrons. The monoisotopic (exact) mass is 223 g/mol. The van der Waals surface area contributed by atoms with Crippen LogP contribution in [0.25, 0.3) is 12.2 Å². The number of H-pyrrole nitrogens is 1. The van der Waals surface area contributed by atoms with Crippen molar-refractivity contribution in [3.8, 4) is 5.75 Å². The Balaban J connectivity index is 0.00000106. The van der Waals surface area contributed by atoms with Crippen molar-refractivity contribution in [2.24, 2.45) is 0 Å². The second kappa shape index (κ2) is 7.74. The fourth-order valence-electron chi connectivity index (χ4n) is 1.42. The van der Waals surface area contributed by atoms with Crippen molar-refractivity contribution >= 4 is 12.2 Å². The highest BCUT2D eigenvalue weighted by Crippen LogP contribution is 1.93. The Labute approximate surface area is 96.5 Å². The summed E-state index contributed by atoms with van der Waals surface area (Å²) in [7, 11) is 1.59. The Morgan fingerprint density at radius 2 is 2.00 bits per heavy atom. The first-order chi connectivity index (χ1) is 7.74. The molecule has 0 saturated carbocycles. The summed E-state index contributed by atoms with van der Waals surface area (Å²) >= 11 is 0. The highest BCUT2D eigenvalue weighted by Gasteiger charge is 1.98. The van der Waals surface area contributed by atoms with E-state index in [1.54, 1.807) is 13.3 Å². The molecule has 3 heteroatoms. The first-order valence-electron chi connectivity index (χ1n) is 5.66. The molecule has 0 amide bonds. The van der Waals surface area contributed by atoms with Gasteiger partial charge < -0.3 is 9.72 Å². The lowest BCUT2D eigenvalue weighted by atomic mass is 10.2. The molecule has 0 unspecified atom stereocenters. The molecule has 3 nitrogen and oxygen atoms in total. The van der Waals surface area contributed by atoms with Crippen LogP contribution in [0, 0.1) is 0 Å². The lowest BCUT2D eigenvalue weighted by Gasteiger charge is -2.00. The lowest BCUT2D eigenvalue weighted by molar-refractivity contribution is 0.408. The van der Waals surface area contributed by atoms with Gasteiger partial charge in [-0.3, -0.25) is 4.79 Å². The Hall–Kier alpha value is -1.51. The quantitative estimate of drug-likeness (QED) is 0.823. The molecule has 1 aromatic rings. The molecular weight excluding hydrogens is 202 g/mol. The number of aromatic amines is 1. The van der Waals surface area contributed by atoms with Crippen LogP contribution < -0.4 is 20.7 Å². The van der Waals surface area contributed by atoms with E-state index >= 15 is 0 Å². The van der Waals surface area contributed by atoms with E-state index in [1.165, 1.54) is 0 Å². The Morgan fingerprint density at radius 1 is 1.38 bits per heavy atom. The van der Waals surface area contributed by atoms with E-state index in [0.29, 0.717) is 11.0 Å². The van der Waals surface area contributed by atoms with E-state index in [9.17, 15) is 4.79 Å². The number of ether oxygens (including phenoxy) is 1. The topological polar surface area (TPSA) is 42.1 Å². The fraction of sp³-hybridized carbons (Fsp3) is 0.462. The molecule has 0 aliphatic rings. The van der Waals surface area contributed by atoms with Crippen molar-refractivity contribution in [3.63, 3.8) is 0 Å². The van der Waals surface area contributed by atoms with E-state index in [4.69, 9.17) is 4.74 Å². The van der Waals surface area contributed by atoms with Crippen LogP contribution in [0.5, 0.6) is 5.75 Å². The smallest absolute Gasteiger partial charge is 0.255 e. The minimum Gasteiger partial charge on any atom is -0.495 e. The molecule has 0 bridgehead atoms. The van der Waals surface area contributed by atoms with Crippen molar-refractivity contribution in [2.75, 3.05) is 7.11 Å². The molecule has 0 saturated heterocycles. The van der Waals surface area contributed by atoms with E-state index in [1.807, 2.05) is 39.8 Å². The van der Waals surface area contributed by atoms with Crippen LogP contribution in [-0.2, 0) is 0 Å². The maximum absolute atomic E-state index is 11.5. The maximum Gasteiger partial charge on any atom is 0.255 e. The second-order valence-corrected chi connectivity index (χ2v) is 2.91. The van der Waals surface area contributed by atoms with Crippen molar-refractivity contribution in [3.05, 3.63) is 27.0 Å². The second-order valence-electron chi connectivity index (χ2n) is 2.91. The number of rotatable bonds is 2. The molecule has 1 aromatic heterocycles. The molecular formula is C13H21NO2. The van der Waals surface area contributed by atoms with Gasteiger partial charge in [-0.05, 0) is 13.3 Å². The molecule has 0 aromatic carbocycles. The van der Waals surface area contributed by atoms with Gasteiger partial charge in [0, 0.05) is 16.6 Å². The number of nitrogens with one attached hydrogen (secondary N) is 1. The third kappa shape index (κ3) is 3.26. The summed E-state index contributed by atoms with van der Waals surface area (Å²) in [6, 6.07) is 0. The Kier molecular flexibility index (Phi) is 7.01. The number of hydrogen-bond acceptors (Lipinski definition) is 2. The predicted molar refractivity (Wildman–Crippen MR) is 69.1 cm³/mol. The average Bonchev–Trinajstić information content (AvgIpc) is 2.34. The number of aromatic nitrogens is 1. The van der Waals surface area contributed by atoms with Gasteiger partial charge in [0.25, 0.3) is 5.56 Å². The van der Waals surface area contributed by atoms with Crippen LogP contribution >= 0.6 is 0 Å². The third-order valence-corrected chi connectivity index (χ3v) is 2.05. The minimum atomic E-state index is -0.0687. The Bertz CT molecular complexity index is 472. The zero-order valence-electron chi connectivity index (χ0n) is 10.8. The molecule has 0 fully saturated rings. The van der Waals surface area contributed by atoms with E-state index in [2.05, 4.69) is 4.98 Å². The van der Waals surface area contributed by atoms with Crippen LogP contribution in [0.3, 0.4) is 0 Å². The van der Waals surface area contributed by atoms with Crippen molar-refractivity contribution in [2.45, 2.75) is 34.1 Å². The summed E-state index contributed by atoms with van der Waals surface area (Å²) in [5.74, 6) is 0.701. The number of methoxy groups -OCH3 is 1. The van der Waals surface area contributed by atoms with Gasteiger partial charge in [-0.15, -0.1) is 0 Å². The number of pyridine rings is 1. The van der Waals surface area contributed by atoms with Crippen molar-refractivity contribution < 1.29 is 4.74 Å². The highest BCUT2D eigenvalue weighted by atomic mass is 16.5. The third-order valence-electron chi connectivity index (χ3n) is 2.05. The van der Waals surface area contributed by atoms with Crippen LogP contribution in [0.4, 0.5) is 0 Å². The van der Waals surface area contributed by atoms with Gasteiger partial charge in [0.2, 0.25) is 0 Å². The summed E-state index contributed by atoms with van der Waals surface area (Å²) in [6.45, 7) is 7.89. The van der Waals surface area contributed by atoms with Crippen LogP contribution in [0.2, 0.25) is 0 Å². The first-order valence-corrected chi connectivity index (χ1v) is 5.66. The SMILES string of the molecule is C/C=c1/c(OC)c[nH]c(=O)/c1=C/CC.CC. The van der Waals surface area contributed by atoms with Crippen LogP contribution in [0.1, 0.15) is 34.1 Å². The normalized spacial score (nSPS) is 12.1. The number of hydrogen-bond donors (Lipinski definition) is 1. The van der Waals surface area contributed by atoms with Crippen molar-refractivity contribution in [1.29, 1.82) is 0 Å². The summed E-state index contributed by atoms with van der Waals surface area (Å²) < 4.78 is 5.16. The van der Waals surface area contributed by atoms with Gasteiger partial charge in [-0.2, -0.15) is 0 Å². The fourth-order valence-corrected chi connectivity index (χ4v) is 1.42. The lowest BCUT2D eigenvalue weighted by Crippen LogP contribution is -2.40. The summed E-state index contributed by atoms with van der Waals surface area (Å²) in [5, 5.41) is 1.55. The maximum atomic E-state index is 11.5. The van der Waals surface area contributed by atoms with E-state index < -0.39 is 0 Å². The van der Waals surface area contributed by atoms with E-state index in [0.717, 1.165) is 11.6 Å².